The summed E-state index contributed by atoms with van der Waals surface area (Å²) in [6.45, 7) is 0. The van der Waals surface area contributed by atoms with Crippen LogP contribution in [0.5, 0.6) is 0 Å². The van der Waals surface area contributed by atoms with Crippen LogP contribution in [0.3, 0.4) is 0 Å². The van der Waals surface area contributed by atoms with Crippen molar-refractivity contribution in [3.05, 3.63) is 35.5 Å². The Kier molecular flexibility index (Phi) is 4.54. The topological polar surface area (TPSA) is 116 Å². The van der Waals surface area contributed by atoms with Crippen molar-refractivity contribution in [3.63, 3.8) is 0 Å². The molecule has 3 amide bonds. The van der Waals surface area contributed by atoms with Gasteiger partial charge in [-0.1, -0.05) is 11.6 Å². The molecule has 2 atom stereocenters. The second-order valence-corrected chi connectivity index (χ2v) is 8.39. The van der Waals surface area contributed by atoms with Gasteiger partial charge in [-0.05, 0) is 31.7 Å². The van der Waals surface area contributed by atoms with E-state index in [0.29, 0.717) is 41.3 Å². The van der Waals surface area contributed by atoms with Crippen LogP contribution in [0.25, 0.3) is 22.4 Å². The van der Waals surface area contributed by atoms with Crippen LogP contribution in [0.2, 0.25) is 5.02 Å². The van der Waals surface area contributed by atoms with Crippen LogP contribution in [0, 0.1) is 5.82 Å². The van der Waals surface area contributed by atoms with Gasteiger partial charge in [0.1, 0.15) is 11.2 Å². The van der Waals surface area contributed by atoms with Gasteiger partial charge in [-0.15, -0.1) is 0 Å². The molecule has 2 fully saturated rings. The maximum Gasteiger partial charge on any atom is 0.324 e. The Morgan fingerprint density at radius 2 is 2.16 bits per heavy atom. The number of aromatic nitrogens is 4. The predicted molar refractivity (Wildman–Crippen MR) is 112 cm³/mol. The fraction of sp³-hybridized carbons (Fsp3) is 0.350. The number of H-pyrrole nitrogens is 1. The molecular formula is C20H19ClFN7O2. The summed E-state index contributed by atoms with van der Waals surface area (Å²) in [6.07, 6.45) is 6.68. The molecule has 0 unspecified atom stereocenters. The molecule has 31 heavy (non-hydrogen) atoms. The van der Waals surface area contributed by atoms with Crippen molar-refractivity contribution < 1.29 is 14.0 Å². The SMILES string of the molecule is CN1C(=O)N[C@@]2(CCC[C@H](Nc3nc(-c4c[nH]c5ncc(Cl)cc45)ncc3F)C2)C1=O. The molecule has 1 saturated heterocycles. The summed E-state index contributed by atoms with van der Waals surface area (Å²) < 4.78 is 14.5. The summed E-state index contributed by atoms with van der Waals surface area (Å²) in [6, 6.07) is 1.10. The third-order valence-electron chi connectivity index (χ3n) is 5.94. The molecule has 160 valence electrons. The lowest BCUT2D eigenvalue weighted by atomic mass is 9.79. The standard InChI is InChI=1S/C20H19ClFN7O2/c1-29-18(30)20(28-19(29)31)4-2-3-11(6-20)26-17-14(22)9-25-16(27-17)13-8-24-15-12(13)5-10(21)7-23-15/h5,7-9,11H,2-4,6H2,1H3,(H,23,24)(H,28,31)(H,25,26,27)/t11-,20+/m0/s1. The van der Waals surface area contributed by atoms with Gasteiger partial charge < -0.3 is 15.6 Å². The molecule has 1 aliphatic carbocycles. The Balaban J connectivity index is 1.43. The second-order valence-electron chi connectivity index (χ2n) is 7.96. The van der Waals surface area contributed by atoms with Gasteiger partial charge in [-0.3, -0.25) is 9.69 Å². The third kappa shape index (κ3) is 3.27. The second kappa shape index (κ2) is 7.16. The van der Waals surface area contributed by atoms with Gasteiger partial charge in [0.25, 0.3) is 5.91 Å². The molecule has 1 spiro atoms. The fourth-order valence-corrected chi connectivity index (χ4v) is 4.57. The Bertz CT molecular complexity index is 1220. The minimum absolute atomic E-state index is 0.0431. The summed E-state index contributed by atoms with van der Waals surface area (Å²) in [5.74, 6) is -0.495. The summed E-state index contributed by atoms with van der Waals surface area (Å²) in [5, 5.41) is 7.11. The van der Waals surface area contributed by atoms with Crippen LogP contribution < -0.4 is 10.6 Å². The summed E-state index contributed by atoms with van der Waals surface area (Å²) in [4.78, 5) is 41.4. The number of nitrogens with one attached hydrogen (secondary N) is 3. The number of carbonyl (C=O) groups is 2. The van der Waals surface area contributed by atoms with Gasteiger partial charge in [0.2, 0.25) is 0 Å². The highest BCUT2D eigenvalue weighted by Gasteiger charge is 2.52. The highest BCUT2D eigenvalue weighted by atomic mass is 35.5. The summed E-state index contributed by atoms with van der Waals surface area (Å²) >= 11 is 6.06. The number of carbonyl (C=O) groups excluding carboxylic acids is 2. The molecular weight excluding hydrogens is 425 g/mol. The Morgan fingerprint density at radius 1 is 1.32 bits per heavy atom. The number of amides is 3. The van der Waals surface area contributed by atoms with Crippen LogP contribution in [0.1, 0.15) is 25.7 Å². The zero-order chi connectivity index (χ0) is 21.8. The van der Waals surface area contributed by atoms with Gasteiger partial charge in [-0.25, -0.2) is 24.1 Å². The number of anilines is 1. The van der Waals surface area contributed by atoms with Gasteiger partial charge in [0.05, 0.1) is 11.2 Å². The number of urea groups is 1. The molecule has 0 radical (unpaired) electrons. The van der Waals surface area contributed by atoms with Crippen molar-refractivity contribution >= 4 is 40.4 Å². The highest BCUT2D eigenvalue weighted by Crippen LogP contribution is 2.35. The zero-order valence-corrected chi connectivity index (χ0v) is 17.3. The molecule has 9 nitrogen and oxygen atoms in total. The number of aromatic amines is 1. The van der Waals surface area contributed by atoms with Crippen molar-refractivity contribution in [1.29, 1.82) is 0 Å². The van der Waals surface area contributed by atoms with E-state index in [2.05, 4.69) is 30.6 Å². The van der Waals surface area contributed by atoms with E-state index in [-0.39, 0.29) is 17.8 Å². The maximum atomic E-state index is 14.5. The summed E-state index contributed by atoms with van der Waals surface area (Å²) in [7, 11) is 1.46. The van der Waals surface area contributed by atoms with E-state index < -0.39 is 17.4 Å². The average Bonchev–Trinajstić information content (AvgIpc) is 3.25. The van der Waals surface area contributed by atoms with Gasteiger partial charge >= 0.3 is 6.03 Å². The Labute approximate surface area is 181 Å². The van der Waals surface area contributed by atoms with Crippen LogP contribution in [0.15, 0.2) is 24.7 Å². The molecule has 3 aromatic heterocycles. The Hall–Kier alpha value is -3.27. The van der Waals surface area contributed by atoms with Crippen LogP contribution in [-0.4, -0.2) is 55.4 Å². The van der Waals surface area contributed by atoms with Gasteiger partial charge in [0.15, 0.2) is 17.5 Å². The largest absolute Gasteiger partial charge is 0.365 e. The smallest absolute Gasteiger partial charge is 0.324 e. The van der Waals surface area contributed by atoms with Crippen molar-refractivity contribution in [2.75, 3.05) is 12.4 Å². The van der Waals surface area contributed by atoms with E-state index in [1.807, 2.05) is 0 Å². The lowest BCUT2D eigenvalue weighted by Crippen LogP contribution is -2.52. The quantitative estimate of drug-likeness (QED) is 0.536. The molecule has 11 heteroatoms. The van der Waals surface area contributed by atoms with E-state index in [1.165, 1.54) is 13.2 Å². The lowest BCUT2D eigenvalue weighted by molar-refractivity contribution is -0.131. The van der Waals surface area contributed by atoms with Crippen LogP contribution in [0.4, 0.5) is 15.0 Å². The minimum atomic E-state index is -0.951. The lowest BCUT2D eigenvalue weighted by Gasteiger charge is -2.36. The number of hydrogen-bond acceptors (Lipinski definition) is 6. The van der Waals surface area contributed by atoms with Crippen molar-refractivity contribution in [2.24, 2.45) is 0 Å². The van der Waals surface area contributed by atoms with Crippen LogP contribution >= 0.6 is 11.6 Å². The highest BCUT2D eigenvalue weighted by molar-refractivity contribution is 6.31. The molecule has 0 aromatic carbocycles. The van der Waals surface area contributed by atoms with Crippen LogP contribution in [-0.2, 0) is 4.79 Å². The first-order valence-corrected chi connectivity index (χ1v) is 10.3. The van der Waals surface area contributed by atoms with Gasteiger partial charge in [0, 0.05) is 36.4 Å². The predicted octanol–water partition coefficient (Wildman–Crippen LogP) is 3.09. The Morgan fingerprint density at radius 3 is 2.94 bits per heavy atom. The van der Waals surface area contributed by atoms with Crippen molar-refractivity contribution in [3.8, 4) is 11.4 Å². The average molecular weight is 444 g/mol. The third-order valence-corrected chi connectivity index (χ3v) is 6.15. The molecule has 3 aromatic rings. The number of halogens is 2. The number of hydrogen-bond donors (Lipinski definition) is 3. The van der Waals surface area contributed by atoms with E-state index in [4.69, 9.17) is 11.6 Å². The first-order chi connectivity index (χ1) is 14.9. The number of likely N-dealkylation sites (N-methyl/N-ethyl adjacent to an activating group) is 1. The number of fused-ring (bicyclic) bond motifs is 1. The maximum absolute atomic E-state index is 14.5. The number of pyridine rings is 1. The van der Waals surface area contributed by atoms with E-state index in [9.17, 15) is 14.0 Å². The molecule has 4 heterocycles. The fourth-order valence-electron chi connectivity index (χ4n) is 4.42. The molecule has 2 aliphatic rings. The number of imide groups is 1. The molecule has 1 aliphatic heterocycles. The van der Waals surface area contributed by atoms with E-state index >= 15 is 0 Å². The minimum Gasteiger partial charge on any atom is -0.365 e. The van der Waals surface area contributed by atoms with Gasteiger partial charge in [-0.2, -0.15) is 0 Å². The van der Waals surface area contributed by atoms with Crippen molar-refractivity contribution in [2.45, 2.75) is 37.3 Å². The normalized spacial score (nSPS) is 23.6. The number of rotatable bonds is 3. The zero-order valence-electron chi connectivity index (χ0n) is 16.6. The number of nitrogens with zero attached hydrogens (tertiary/aromatic N) is 4. The molecule has 1 saturated carbocycles. The monoisotopic (exact) mass is 443 g/mol. The first-order valence-electron chi connectivity index (χ1n) is 9.89. The molecule has 0 bridgehead atoms. The molecule has 5 rings (SSSR count). The van der Waals surface area contributed by atoms with E-state index in [1.54, 1.807) is 12.3 Å². The first kappa shape index (κ1) is 19.7. The van der Waals surface area contributed by atoms with E-state index in [0.717, 1.165) is 22.9 Å². The van der Waals surface area contributed by atoms with Crippen molar-refractivity contribution in [1.82, 2.24) is 30.2 Å². The summed E-state index contributed by atoms with van der Waals surface area (Å²) in [5.41, 5.74) is 0.316. The molecule has 3 N–H and O–H groups in total.